The number of nitrogens with zero attached hydrogens (tertiary/aromatic N) is 3. The van der Waals surface area contributed by atoms with Crippen LogP contribution in [0.2, 0.25) is 0 Å². The van der Waals surface area contributed by atoms with E-state index in [1.165, 1.54) is 12.4 Å². The number of halogens is 3. The summed E-state index contributed by atoms with van der Waals surface area (Å²) in [5, 5.41) is 2.92. The number of alkyl halides is 3. The van der Waals surface area contributed by atoms with Gasteiger partial charge in [0, 0.05) is 13.1 Å². The number of hydrogen-bond donors (Lipinski definition) is 1. The van der Waals surface area contributed by atoms with E-state index in [4.69, 9.17) is 4.74 Å². The van der Waals surface area contributed by atoms with E-state index < -0.39 is 23.2 Å². The minimum atomic E-state index is -4.56. The van der Waals surface area contributed by atoms with Gasteiger partial charge >= 0.3 is 6.18 Å². The zero-order chi connectivity index (χ0) is 22.9. The standard InChI is InChI=1S/C22H21F3N4O3/c1-14-3-2-4-16-20(14)26-13-29(21(16)31)12-19(30)27-17-11-15(22(23,24)25)5-6-18(17)28-7-9-32-10-8-28/h2-6,11,13H,7-10,12H2,1H3,(H,27,30). The Morgan fingerprint density at radius 1 is 1.19 bits per heavy atom. The molecule has 1 fully saturated rings. The molecule has 1 aromatic heterocycles. The van der Waals surface area contributed by atoms with Gasteiger partial charge in [-0.15, -0.1) is 0 Å². The Kier molecular flexibility index (Phi) is 5.88. The molecule has 0 atom stereocenters. The first-order valence-electron chi connectivity index (χ1n) is 10.0. The van der Waals surface area contributed by atoms with E-state index >= 15 is 0 Å². The number of carbonyl (C=O) groups is 1. The van der Waals surface area contributed by atoms with Gasteiger partial charge in [0.25, 0.3) is 5.56 Å². The number of amides is 1. The third kappa shape index (κ3) is 4.45. The number of hydrogen-bond acceptors (Lipinski definition) is 5. The van der Waals surface area contributed by atoms with E-state index in [1.54, 1.807) is 12.1 Å². The third-order valence-corrected chi connectivity index (χ3v) is 5.32. The van der Waals surface area contributed by atoms with Crippen molar-refractivity contribution in [1.29, 1.82) is 0 Å². The number of benzene rings is 2. The highest BCUT2D eigenvalue weighted by atomic mass is 19.4. The summed E-state index contributed by atoms with van der Waals surface area (Å²) in [4.78, 5) is 31.6. The third-order valence-electron chi connectivity index (χ3n) is 5.32. The summed E-state index contributed by atoms with van der Waals surface area (Å²) in [6.45, 7) is 3.29. The SMILES string of the molecule is Cc1cccc2c(=O)n(CC(=O)Nc3cc(C(F)(F)F)ccc3N3CCOCC3)cnc12. The fourth-order valence-electron chi connectivity index (χ4n) is 3.69. The molecule has 168 valence electrons. The normalized spacial score (nSPS) is 14.6. The minimum absolute atomic E-state index is 0.0318. The Morgan fingerprint density at radius 3 is 2.66 bits per heavy atom. The maximum Gasteiger partial charge on any atom is 0.416 e. The number of aryl methyl sites for hydroxylation is 1. The van der Waals surface area contributed by atoms with Crippen LogP contribution < -0.4 is 15.8 Å². The van der Waals surface area contributed by atoms with Crippen molar-refractivity contribution in [2.24, 2.45) is 0 Å². The second kappa shape index (κ2) is 8.62. The van der Waals surface area contributed by atoms with Crippen LogP contribution in [0.25, 0.3) is 10.9 Å². The Labute approximate surface area is 181 Å². The monoisotopic (exact) mass is 446 g/mol. The van der Waals surface area contributed by atoms with Crippen LogP contribution in [0.4, 0.5) is 24.5 Å². The van der Waals surface area contributed by atoms with Crippen LogP contribution in [0.3, 0.4) is 0 Å². The van der Waals surface area contributed by atoms with Gasteiger partial charge in [-0.05, 0) is 36.8 Å². The number of ether oxygens (including phenoxy) is 1. The molecule has 10 heteroatoms. The van der Waals surface area contributed by atoms with Crippen LogP contribution in [0.15, 0.2) is 47.5 Å². The van der Waals surface area contributed by atoms with Crippen LogP contribution in [0.5, 0.6) is 0 Å². The number of morpholine rings is 1. The molecule has 3 aromatic rings. The molecule has 2 aromatic carbocycles. The molecule has 1 N–H and O–H groups in total. The van der Waals surface area contributed by atoms with Crippen molar-refractivity contribution in [3.8, 4) is 0 Å². The first-order valence-corrected chi connectivity index (χ1v) is 10.0. The van der Waals surface area contributed by atoms with Crippen molar-refractivity contribution in [2.45, 2.75) is 19.6 Å². The Hall–Kier alpha value is -3.40. The summed E-state index contributed by atoms with van der Waals surface area (Å²) in [6.07, 6.45) is -3.29. The molecule has 4 rings (SSSR count). The van der Waals surface area contributed by atoms with Crippen molar-refractivity contribution in [2.75, 3.05) is 36.5 Å². The van der Waals surface area contributed by atoms with Crippen molar-refractivity contribution in [3.05, 3.63) is 64.2 Å². The molecule has 2 heterocycles. The van der Waals surface area contributed by atoms with E-state index in [0.717, 1.165) is 22.3 Å². The lowest BCUT2D eigenvalue weighted by Gasteiger charge is -2.31. The Morgan fingerprint density at radius 2 is 1.94 bits per heavy atom. The number of carbonyl (C=O) groups excluding carboxylic acids is 1. The van der Waals surface area contributed by atoms with Gasteiger partial charge in [-0.3, -0.25) is 14.2 Å². The zero-order valence-corrected chi connectivity index (χ0v) is 17.3. The molecule has 1 amide bonds. The second-order valence-electron chi connectivity index (χ2n) is 7.53. The van der Waals surface area contributed by atoms with Crippen LogP contribution in [-0.4, -0.2) is 41.8 Å². The minimum Gasteiger partial charge on any atom is -0.378 e. The summed E-state index contributed by atoms with van der Waals surface area (Å²) in [5.41, 5.74) is 0.603. The van der Waals surface area contributed by atoms with Crippen LogP contribution in [0, 0.1) is 6.92 Å². The van der Waals surface area contributed by atoms with E-state index in [9.17, 15) is 22.8 Å². The molecule has 0 spiro atoms. The Balaban J connectivity index is 1.63. The smallest absolute Gasteiger partial charge is 0.378 e. The molecule has 1 aliphatic heterocycles. The summed E-state index contributed by atoms with van der Waals surface area (Å²) in [5.74, 6) is -0.630. The Bertz CT molecular complexity index is 1220. The van der Waals surface area contributed by atoms with Gasteiger partial charge in [0.15, 0.2) is 0 Å². The molecule has 0 aliphatic carbocycles. The van der Waals surface area contributed by atoms with E-state index in [-0.39, 0.29) is 12.2 Å². The number of para-hydroxylation sites is 1. The van der Waals surface area contributed by atoms with Crippen molar-refractivity contribution < 1.29 is 22.7 Å². The first-order chi connectivity index (χ1) is 15.2. The number of fused-ring (bicyclic) bond motifs is 1. The molecular formula is C22H21F3N4O3. The molecule has 0 saturated carbocycles. The molecule has 1 aliphatic rings. The van der Waals surface area contributed by atoms with Crippen molar-refractivity contribution in [3.63, 3.8) is 0 Å². The van der Waals surface area contributed by atoms with Crippen LogP contribution in [0.1, 0.15) is 11.1 Å². The van der Waals surface area contributed by atoms with Gasteiger partial charge in [0.1, 0.15) is 6.54 Å². The average molecular weight is 446 g/mol. The van der Waals surface area contributed by atoms with E-state index in [0.29, 0.717) is 42.9 Å². The highest BCUT2D eigenvalue weighted by Crippen LogP contribution is 2.35. The predicted molar refractivity (Wildman–Crippen MR) is 114 cm³/mol. The summed E-state index contributed by atoms with van der Waals surface area (Å²) in [6, 6.07) is 8.41. The number of nitrogens with one attached hydrogen (secondary N) is 1. The highest BCUT2D eigenvalue weighted by Gasteiger charge is 2.32. The number of aromatic nitrogens is 2. The lowest BCUT2D eigenvalue weighted by molar-refractivity contribution is -0.137. The average Bonchev–Trinajstić information content (AvgIpc) is 2.76. The molecule has 1 saturated heterocycles. The van der Waals surface area contributed by atoms with Crippen LogP contribution in [-0.2, 0) is 22.3 Å². The topological polar surface area (TPSA) is 76.5 Å². The second-order valence-corrected chi connectivity index (χ2v) is 7.53. The molecule has 32 heavy (non-hydrogen) atoms. The summed E-state index contributed by atoms with van der Waals surface area (Å²) >= 11 is 0. The maximum absolute atomic E-state index is 13.3. The molecule has 0 unspecified atom stereocenters. The van der Waals surface area contributed by atoms with Gasteiger partial charge in [-0.1, -0.05) is 12.1 Å². The van der Waals surface area contributed by atoms with Gasteiger partial charge in [-0.2, -0.15) is 13.2 Å². The summed E-state index contributed by atoms with van der Waals surface area (Å²) in [7, 11) is 0. The van der Waals surface area contributed by atoms with Crippen molar-refractivity contribution >= 4 is 28.2 Å². The van der Waals surface area contributed by atoms with Gasteiger partial charge in [0.2, 0.25) is 5.91 Å². The van der Waals surface area contributed by atoms with E-state index in [1.807, 2.05) is 17.9 Å². The van der Waals surface area contributed by atoms with Gasteiger partial charge in [-0.25, -0.2) is 4.98 Å². The maximum atomic E-state index is 13.3. The number of anilines is 2. The molecule has 7 nitrogen and oxygen atoms in total. The lowest BCUT2D eigenvalue weighted by atomic mass is 10.1. The molecule has 0 bridgehead atoms. The zero-order valence-electron chi connectivity index (χ0n) is 17.3. The van der Waals surface area contributed by atoms with Gasteiger partial charge in [0.05, 0.1) is 47.4 Å². The largest absolute Gasteiger partial charge is 0.416 e. The molecule has 0 radical (unpaired) electrons. The van der Waals surface area contributed by atoms with E-state index in [2.05, 4.69) is 10.3 Å². The summed E-state index contributed by atoms with van der Waals surface area (Å²) < 4.78 is 46.2. The highest BCUT2D eigenvalue weighted by molar-refractivity contribution is 5.94. The fraction of sp³-hybridized carbons (Fsp3) is 0.318. The first kappa shape index (κ1) is 21.8. The fourth-order valence-corrected chi connectivity index (χ4v) is 3.69. The quantitative estimate of drug-likeness (QED) is 0.666. The number of rotatable bonds is 4. The van der Waals surface area contributed by atoms with Crippen molar-refractivity contribution in [1.82, 2.24) is 9.55 Å². The predicted octanol–water partition coefficient (Wildman–Crippen LogP) is 3.20. The van der Waals surface area contributed by atoms with Gasteiger partial charge < -0.3 is 15.0 Å². The molecular weight excluding hydrogens is 425 g/mol. The lowest BCUT2D eigenvalue weighted by Crippen LogP contribution is -2.37. The van der Waals surface area contributed by atoms with Crippen LogP contribution >= 0.6 is 0 Å².